The number of fused-ring (bicyclic) bond motifs is 1. The minimum absolute atomic E-state index is 0.135. The van der Waals surface area contributed by atoms with Crippen molar-refractivity contribution in [3.63, 3.8) is 0 Å². The summed E-state index contributed by atoms with van der Waals surface area (Å²) in [6.07, 6.45) is 0. The molecule has 0 unspecified atom stereocenters. The highest BCUT2D eigenvalue weighted by molar-refractivity contribution is 5.74. The van der Waals surface area contributed by atoms with Crippen LogP contribution in [0.1, 0.15) is 23.9 Å². The van der Waals surface area contributed by atoms with Gasteiger partial charge in [-0.2, -0.15) is 5.10 Å². The average Bonchev–Trinajstić information content (AvgIpc) is 2.55. The third kappa shape index (κ3) is 1.13. The van der Waals surface area contributed by atoms with Gasteiger partial charge < -0.3 is 4.90 Å². The van der Waals surface area contributed by atoms with Crippen LogP contribution in [0.2, 0.25) is 0 Å². The quantitative estimate of drug-likeness (QED) is 0.584. The van der Waals surface area contributed by atoms with Crippen LogP contribution >= 0.6 is 0 Å². The largest absolute Gasteiger partial charge is 0.333 e. The Morgan fingerprint density at radius 3 is 2.69 bits per heavy atom. The van der Waals surface area contributed by atoms with Crippen molar-refractivity contribution >= 4 is 5.91 Å². The SMILES string of the molecule is CC(=O)N1Cc2c(C)nn(C)c2C1. The zero-order chi connectivity index (χ0) is 9.59. The van der Waals surface area contributed by atoms with Crippen molar-refractivity contribution in [1.82, 2.24) is 14.7 Å². The van der Waals surface area contributed by atoms with Gasteiger partial charge in [-0.3, -0.25) is 9.48 Å². The number of nitrogens with zero attached hydrogens (tertiary/aromatic N) is 3. The van der Waals surface area contributed by atoms with Gasteiger partial charge in [0.05, 0.1) is 17.9 Å². The molecule has 1 amide bonds. The molecule has 0 N–H and O–H groups in total. The van der Waals surface area contributed by atoms with Crippen molar-refractivity contribution < 1.29 is 4.79 Å². The van der Waals surface area contributed by atoms with Crippen molar-refractivity contribution in [3.8, 4) is 0 Å². The van der Waals surface area contributed by atoms with Gasteiger partial charge in [-0.25, -0.2) is 0 Å². The van der Waals surface area contributed by atoms with E-state index in [9.17, 15) is 4.79 Å². The van der Waals surface area contributed by atoms with Gasteiger partial charge >= 0.3 is 0 Å². The van der Waals surface area contributed by atoms with Gasteiger partial charge in [-0.1, -0.05) is 0 Å². The van der Waals surface area contributed by atoms with Gasteiger partial charge in [0.15, 0.2) is 0 Å². The molecule has 2 heterocycles. The molecule has 0 saturated carbocycles. The van der Waals surface area contributed by atoms with E-state index < -0.39 is 0 Å². The van der Waals surface area contributed by atoms with E-state index in [1.54, 1.807) is 6.92 Å². The predicted molar refractivity (Wildman–Crippen MR) is 47.9 cm³/mol. The van der Waals surface area contributed by atoms with Crippen LogP contribution in [0.4, 0.5) is 0 Å². The van der Waals surface area contributed by atoms with Gasteiger partial charge in [0.25, 0.3) is 0 Å². The van der Waals surface area contributed by atoms with Crippen LogP contribution in [0.25, 0.3) is 0 Å². The number of aryl methyl sites for hydroxylation is 2. The Kier molecular flexibility index (Phi) is 1.65. The molecule has 2 rings (SSSR count). The van der Waals surface area contributed by atoms with Crippen molar-refractivity contribution in [2.24, 2.45) is 7.05 Å². The number of carbonyl (C=O) groups excluding carboxylic acids is 1. The summed E-state index contributed by atoms with van der Waals surface area (Å²) >= 11 is 0. The highest BCUT2D eigenvalue weighted by atomic mass is 16.2. The van der Waals surface area contributed by atoms with Crippen molar-refractivity contribution in [2.75, 3.05) is 0 Å². The molecule has 13 heavy (non-hydrogen) atoms. The molecule has 0 aromatic carbocycles. The predicted octanol–water partition coefficient (Wildman–Crippen LogP) is 0.591. The first-order valence-electron chi connectivity index (χ1n) is 4.36. The second-order valence-electron chi connectivity index (χ2n) is 3.51. The van der Waals surface area contributed by atoms with E-state index >= 15 is 0 Å². The van der Waals surface area contributed by atoms with Crippen molar-refractivity contribution in [1.29, 1.82) is 0 Å². The molecule has 0 fully saturated rings. The maximum absolute atomic E-state index is 11.1. The molecule has 1 aliphatic heterocycles. The molecular weight excluding hydrogens is 166 g/mol. The molecule has 4 heteroatoms. The summed E-state index contributed by atoms with van der Waals surface area (Å²) < 4.78 is 1.87. The molecule has 70 valence electrons. The zero-order valence-electron chi connectivity index (χ0n) is 8.16. The van der Waals surface area contributed by atoms with E-state index in [0.717, 1.165) is 12.2 Å². The van der Waals surface area contributed by atoms with E-state index in [1.807, 2.05) is 23.6 Å². The summed E-state index contributed by atoms with van der Waals surface area (Å²) in [4.78, 5) is 13.0. The topological polar surface area (TPSA) is 38.1 Å². The highest BCUT2D eigenvalue weighted by Gasteiger charge is 2.26. The summed E-state index contributed by atoms with van der Waals surface area (Å²) in [5.74, 6) is 0.135. The third-order valence-electron chi connectivity index (χ3n) is 2.61. The molecule has 0 spiro atoms. The molecule has 0 aliphatic carbocycles. The summed E-state index contributed by atoms with van der Waals surface area (Å²) in [5, 5.41) is 4.31. The summed E-state index contributed by atoms with van der Waals surface area (Å²) in [5.41, 5.74) is 3.44. The number of rotatable bonds is 0. The molecule has 1 aromatic rings. The first-order valence-corrected chi connectivity index (χ1v) is 4.36. The molecule has 0 bridgehead atoms. The molecule has 0 atom stereocenters. The van der Waals surface area contributed by atoms with Crippen LogP contribution in [0, 0.1) is 6.92 Å². The van der Waals surface area contributed by atoms with E-state index in [2.05, 4.69) is 5.10 Å². The van der Waals surface area contributed by atoms with E-state index in [4.69, 9.17) is 0 Å². The summed E-state index contributed by atoms with van der Waals surface area (Å²) in [6, 6.07) is 0. The Labute approximate surface area is 77.1 Å². The smallest absolute Gasteiger partial charge is 0.220 e. The first-order chi connectivity index (χ1) is 6.09. The maximum Gasteiger partial charge on any atom is 0.220 e. The highest BCUT2D eigenvalue weighted by Crippen LogP contribution is 2.24. The lowest BCUT2D eigenvalue weighted by Crippen LogP contribution is -2.23. The lowest BCUT2D eigenvalue weighted by molar-refractivity contribution is -0.129. The van der Waals surface area contributed by atoms with Gasteiger partial charge in [-0.15, -0.1) is 0 Å². The van der Waals surface area contributed by atoms with E-state index in [-0.39, 0.29) is 5.91 Å². The van der Waals surface area contributed by atoms with Crippen LogP contribution in [0.3, 0.4) is 0 Å². The van der Waals surface area contributed by atoms with Crippen LogP contribution in [-0.2, 0) is 24.9 Å². The monoisotopic (exact) mass is 179 g/mol. The summed E-state index contributed by atoms with van der Waals surface area (Å²) in [7, 11) is 1.93. The van der Waals surface area contributed by atoms with Crippen LogP contribution in [0.15, 0.2) is 0 Å². The minimum atomic E-state index is 0.135. The number of amides is 1. The molecule has 4 nitrogen and oxygen atoms in total. The fraction of sp³-hybridized carbons (Fsp3) is 0.556. The van der Waals surface area contributed by atoms with Gasteiger partial charge in [-0.05, 0) is 6.92 Å². The van der Waals surface area contributed by atoms with Crippen LogP contribution in [0.5, 0.6) is 0 Å². The van der Waals surface area contributed by atoms with Crippen molar-refractivity contribution in [2.45, 2.75) is 26.9 Å². The second kappa shape index (κ2) is 2.58. The lowest BCUT2D eigenvalue weighted by Gasteiger charge is -2.12. The van der Waals surface area contributed by atoms with Gasteiger partial charge in [0, 0.05) is 26.1 Å². The Bertz CT molecular complexity index is 341. The molecular formula is C9H13N3O. The maximum atomic E-state index is 11.1. The standard InChI is InChI=1S/C9H13N3O/c1-6-8-4-12(7(2)13)5-9(8)11(3)10-6/h4-5H2,1-3H3. The lowest BCUT2D eigenvalue weighted by atomic mass is 10.2. The number of hydrogen-bond donors (Lipinski definition) is 0. The third-order valence-corrected chi connectivity index (χ3v) is 2.61. The molecule has 0 saturated heterocycles. The number of aromatic nitrogens is 2. The Morgan fingerprint density at radius 2 is 2.15 bits per heavy atom. The normalized spacial score (nSPS) is 14.8. The average molecular weight is 179 g/mol. The van der Waals surface area contributed by atoms with Gasteiger partial charge in [0.2, 0.25) is 5.91 Å². The zero-order valence-corrected chi connectivity index (χ0v) is 8.16. The molecule has 1 aliphatic rings. The molecule has 0 radical (unpaired) electrons. The second-order valence-corrected chi connectivity index (χ2v) is 3.51. The van der Waals surface area contributed by atoms with E-state index in [0.29, 0.717) is 6.54 Å². The first kappa shape index (κ1) is 8.29. The Morgan fingerprint density at radius 1 is 1.46 bits per heavy atom. The number of hydrogen-bond acceptors (Lipinski definition) is 2. The Balaban J connectivity index is 2.36. The van der Waals surface area contributed by atoms with Crippen LogP contribution < -0.4 is 0 Å². The molecule has 1 aromatic heterocycles. The number of carbonyl (C=O) groups is 1. The van der Waals surface area contributed by atoms with Crippen molar-refractivity contribution in [3.05, 3.63) is 17.0 Å². The minimum Gasteiger partial charge on any atom is -0.333 e. The van der Waals surface area contributed by atoms with Gasteiger partial charge in [0.1, 0.15) is 0 Å². The fourth-order valence-corrected chi connectivity index (χ4v) is 1.80. The Hall–Kier alpha value is -1.32. The summed E-state index contributed by atoms with van der Waals surface area (Å²) in [6.45, 7) is 5.03. The van der Waals surface area contributed by atoms with E-state index in [1.165, 1.54) is 11.3 Å². The van der Waals surface area contributed by atoms with Crippen LogP contribution in [-0.4, -0.2) is 20.6 Å². The fourth-order valence-electron chi connectivity index (χ4n) is 1.80.